The van der Waals surface area contributed by atoms with Crippen molar-refractivity contribution >= 4 is 57.5 Å². The van der Waals surface area contributed by atoms with Gasteiger partial charge in [-0.15, -0.1) is 0 Å². The molecule has 0 unspecified atom stereocenters. The fraction of sp³-hybridized carbons (Fsp3) is 0.158. The molecule has 2 aromatic carbocycles. The molecule has 0 radical (unpaired) electrons. The van der Waals surface area contributed by atoms with Gasteiger partial charge in [0, 0.05) is 16.7 Å². The number of non-ortho nitro benzene ring substituents is 1. The Kier molecular flexibility index (Phi) is 8.47. The molecule has 0 aliphatic rings. The molecule has 0 atom stereocenters. The molecule has 2 rings (SSSR count). The summed E-state index contributed by atoms with van der Waals surface area (Å²) in [6.45, 7) is 1.83. The predicted molar refractivity (Wildman–Crippen MR) is 117 cm³/mol. The minimum Gasteiger partial charge on any atom is -0.466 e. The van der Waals surface area contributed by atoms with Crippen LogP contribution < -0.4 is 5.43 Å². The van der Waals surface area contributed by atoms with E-state index < -0.39 is 27.2 Å². The van der Waals surface area contributed by atoms with Crippen molar-refractivity contribution < 1.29 is 19.4 Å². The molecule has 0 aliphatic carbocycles. The first kappa shape index (κ1) is 23.8. The van der Waals surface area contributed by atoms with Gasteiger partial charge in [0.25, 0.3) is 5.69 Å². The Bertz CT molecular complexity index is 1050. The summed E-state index contributed by atoms with van der Waals surface area (Å²) in [4.78, 5) is 32.5. The second-order valence-corrected chi connectivity index (χ2v) is 6.73. The van der Waals surface area contributed by atoms with Crippen LogP contribution in [0, 0.1) is 20.2 Å². The number of ether oxygens (including phenoxy) is 1. The lowest BCUT2D eigenvalue weighted by atomic mass is 10.1. The average molecular weight is 467 g/mol. The first-order valence-electron chi connectivity index (χ1n) is 8.75. The minimum atomic E-state index is -0.777. The van der Waals surface area contributed by atoms with Crippen molar-refractivity contribution in [2.45, 2.75) is 13.3 Å². The summed E-state index contributed by atoms with van der Waals surface area (Å²) >= 11 is 12.3. The van der Waals surface area contributed by atoms with E-state index in [0.717, 1.165) is 18.2 Å². The van der Waals surface area contributed by atoms with Crippen molar-refractivity contribution in [3.8, 4) is 0 Å². The third-order valence-corrected chi connectivity index (χ3v) is 4.53. The van der Waals surface area contributed by atoms with Crippen molar-refractivity contribution in [1.29, 1.82) is 0 Å². The summed E-state index contributed by atoms with van der Waals surface area (Å²) in [5, 5.41) is 26.7. The van der Waals surface area contributed by atoms with E-state index in [-0.39, 0.29) is 29.3 Å². The van der Waals surface area contributed by atoms with Crippen LogP contribution in [-0.2, 0) is 9.53 Å². The molecule has 162 valence electrons. The number of nitro benzene ring substituents is 2. The van der Waals surface area contributed by atoms with Gasteiger partial charge in [0.15, 0.2) is 0 Å². The average Bonchev–Trinajstić information content (AvgIpc) is 2.73. The number of esters is 1. The van der Waals surface area contributed by atoms with E-state index in [1.807, 2.05) is 0 Å². The molecule has 0 amide bonds. The van der Waals surface area contributed by atoms with E-state index in [2.05, 4.69) is 10.5 Å². The zero-order chi connectivity index (χ0) is 23.0. The van der Waals surface area contributed by atoms with Crippen molar-refractivity contribution in [3.63, 3.8) is 0 Å². The van der Waals surface area contributed by atoms with Gasteiger partial charge >= 0.3 is 11.7 Å². The van der Waals surface area contributed by atoms with Gasteiger partial charge in [-0.1, -0.05) is 35.3 Å². The molecule has 31 heavy (non-hydrogen) atoms. The summed E-state index contributed by atoms with van der Waals surface area (Å²) in [6, 6.07) is 9.61. The highest BCUT2D eigenvalue weighted by Crippen LogP contribution is 2.29. The highest BCUT2D eigenvalue weighted by molar-refractivity contribution is 6.50. The molecule has 0 saturated heterocycles. The third-order valence-electron chi connectivity index (χ3n) is 3.81. The summed E-state index contributed by atoms with van der Waals surface area (Å²) in [6.07, 6.45) is 1.02. The van der Waals surface area contributed by atoms with Gasteiger partial charge < -0.3 is 4.74 Å². The largest absolute Gasteiger partial charge is 0.466 e. The Morgan fingerprint density at radius 3 is 2.42 bits per heavy atom. The fourth-order valence-electron chi connectivity index (χ4n) is 2.39. The molecular formula is C19H16Cl2N4O6. The van der Waals surface area contributed by atoms with Crippen molar-refractivity contribution in [1.82, 2.24) is 0 Å². The Labute approximate surface area is 186 Å². The lowest BCUT2D eigenvalue weighted by Gasteiger charge is -2.08. The summed E-state index contributed by atoms with van der Waals surface area (Å²) in [5.74, 6) is -0.544. The highest BCUT2D eigenvalue weighted by Gasteiger charge is 2.19. The van der Waals surface area contributed by atoms with Crippen LogP contribution in [0.4, 0.5) is 17.1 Å². The third kappa shape index (κ3) is 6.76. The lowest BCUT2D eigenvalue weighted by Crippen LogP contribution is -2.07. The highest BCUT2D eigenvalue weighted by atomic mass is 35.5. The molecular weight excluding hydrogens is 451 g/mol. The second-order valence-electron chi connectivity index (χ2n) is 5.91. The van der Waals surface area contributed by atoms with E-state index in [4.69, 9.17) is 27.9 Å². The number of hydrogen-bond donors (Lipinski definition) is 1. The van der Waals surface area contributed by atoms with Crippen LogP contribution in [0.1, 0.15) is 18.9 Å². The van der Waals surface area contributed by atoms with Crippen LogP contribution in [0.5, 0.6) is 0 Å². The number of nitrogens with zero attached hydrogens (tertiary/aromatic N) is 3. The van der Waals surface area contributed by atoms with Crippen LogP contribution in [0.2, 0.25) is 5.02 Å². The molecule has 0 bridgehead atoms. The smallest absolute Gasteiger partial charge is 0.310 e. The molecule has 0 spiro atoms. The number of nitrogens with one attached hydrogen (secondary N) is 1. The first-order valence-corrected chi connectivity index (χ1v) is 9.50. The number of nitro groups is 2. The number of hydrogen-bond acceptors (Lipinski definition) is 8. The van der Waals surface area contributed by atoms with Crippen LogP contribution in [0.3, 0.4) is 0 Å². The molecule has 0 aromatic heterocycles. The number of carbonyl (C=O) groups excluding carboxylic acids is 1. The van der Waals surface area contributed by atoms with E-state index in [1.165, 1.54) is 6.21 Å². The number of hydrazone groups is 1. The molecule has 2 aromatic rings. The van der Waals surface area contributed by atoms with Gasteiger partial charge in [0.05, 0.1) is 40.2 Å². The Morgan fingerprint density at radius 2 is 1.84 bits per heavy atom. The van der Waals surface area contributed by atoms with E-state index in [1.54, 1.807) is 31.2 Å². The normalized spacial score (nSPS) is 11.7. The summed E-state index contributed by atoms with van der Waals surface area (Å²) in [7, 11) is 0. The first-order chi connectivity index (χ1) is 14.7. The van der Waals surface area contributed by atoms with Crippen molar-refractivity contribution in [2.75, 3.05) is 12.0 Å². The number of rotatable bonds is 9. The van der Waals surface area contributed by atoms with E-state index in [0.29, 0.717) is 10.6 Å². The molecule has 10 nitrogen and oxygen atoms in total. The van der Waals surface area contributed by atoms with Gasteiger partial charge in [0.1, 0.15) is 5.69 Å². The lowest BCUT2D eigenvalue weighted by molar-refractivity contribution is -0.393. The van der Waals surface area contributed by atoms with E-state index in [9.17, 15) is 25.0 Å². The van der Waals surface area contributed by atoms with Crippen molar-refractivity contribution in [3.05, 3.63) is 78.9 Å². The molecule has 0 saturated carbocycles. The van der Waals surface area contributed by atoms with Gasteiger partial charge in [-0.25, -0.2) is 0 Å². The minimum absolute atomic E-state index is 0.0787. The van der Waals surface area contributed by atoms with Crippen molar-refractivity contribution in [2.24, 2.45) is 5.10 Å². The topological polar surface area (TPSA) is 137 Å². The summed E-state index contributed by atoms with van der Waals surface area (Å²) in [5.41, 5.74) is 2.25. The second kappa shape index (κ2) is 11.0. The SMILES string of the molecule is CCOC(=O)CC(/C=N/Nc1ccc([N+](=O)[O-])cc1[N+](=O)[O-])=C(/Cl)c1ccc(Cl)cc1. The molecule has 0 heterocycles. The Morgan fingerprint density at radius 1 is 1.16 bits per heavy atom. The Balaban J connectivity index is 2.35. The van der Waals surface area contributed by atoms with Gasteiger partial charge in [-0.3, -0.25) is 30.4 Å². The Hall–Kier alpha value is -3.50. The zero-order valence-electron chi connectivity index (χ0n) is 16.1. The number of carbonyl (C=O) groups is 1. The number of anilines is 1. The van der Waals surface area contributed by atoms with Crippen LogP contribution in [0.15, 0.2) is 53.1 Å². The van der Waals surface area contributed by atoms with Gasteiger partial charge in [-0.2, -0.15) is 5.10 Å². The molecule has 12 heteroatoms. The van der Waals surface area contributed by atoms with Crippen LogP contribution in [0.25, 0.3) is 5.03 Å². The molecule has 0 aliphatic heterocycles. The van der Waals surface area contributed by atoms with Crippen LogP contribution >= 0.6 is 23.2 Å². The zero-order valence-corrected chi connectivity index (χ0v) is 17.6. The molecule has 0 fully saturated rings. The maximum atomic E-state index is 11.9. The van der Waals surface area contributed by atoms with E-state index >= 15 is 0 Å². The monoisotopic (exact) mass is 466 g/mol. The maximum Gasteiger partial charge on any atom is 0.310 e. The number of benzene rings is 2. The standard InChI is InChI=1S/C19H16Cl2N4O6/c1-2-31-18(26)9-13(19(21)12-3-5-14(20)6-4-12)11-22-23-16-8-7-15(24(27)28)10-17(16)25(29)30/h3-8,10-11,23H,2,9H2,1H3/b19-13-,22-11+. The summed E-state index contributed by atoms with van der Waals surface area (Å²) < 4.78 is 4.94. The van der Waals surface area contributed by atoms with Gasteiger partial charge in [0.2, 0.25) is 0 Å². The van der Waals surface area contributed by atoms with Gasteiger partial charge in [-0.05, 0) is 30.7 Å². The van der Waals surface area contributed by atoms with Crippen LogP contribution in [-0.4, -0.2) is 28.6 Å². The predicted octanol–water partition coefficient (Wildman–Crippen LogP) is 5.16. The molecule has 1 N–H and O–H groups in total. The quantitative estimate of drug-likeness (QED) is 0.233. The maximum absolute atomic E-state index is 11.9. The fourth-order valence-corrected chi connectivity index (χ4v) is 2.76. The number of halogens is 2.